The lowest BCUT2D eigenvalue weighted by Crippen LogP contribution is -2.26. The highest BCUT2D eigenvalue weighted by Gasteiger charge is 2.23. The molecule has 1 fully saturated rings. The average Bonchev–Trinajstić information content (AvgIpc) is 3.08. The van der Waals surface area contributed by atoms with E-state index >= 15 is 0 Å². The van der Waals surface area contributed by atoms with Crippen LogP contribution in [0.4, 0.5) is 5.82 Å². The minimum absolute atomic E-state index is 0.354. The second kappa shape index (κ2) is 8.02. The van der Waals surface area contributed by atoms with E-state index in [1.807, 2.05) is 12.1 Å². The number of hydrogen-bond acceptors (Lipinski definition) is 7. The molecule has 1 aromatic heterocycles. The molecule has 1 saturated heterocycles. The third-order valence-corrected chi connectivity index (χ3v) is 4.29. The highest BCUT2D eigenvalue weighted by atomic mass is 16.5. The van der Waals surface area contributed by atoms with Crippen LogP contribution in [0.1, 0.15) is 12.0 Å². The van der Waals surface area contributed by atoms with Crippen LogP contribution >= 0.6 is 0 Å². The normalized spacial score (nSPS) is 17.3. The maximum Gasteiger partial charge on any atom is 0.218 e. The van der Waals surface area contributed by atoms with Crippen LogP contribution in [-0.4, -0.2) is 55.3 Å². The molecule has 1 aliphatic rings. The van der Waals surface area contributed by atoms with E-state index in [1.54, 1.807) is 21.3 Å². The summed E-state index contributed by atoms with van der Waals surface area (Å²) in [5.41, 5.74) is 1.18. The van der Waals surface area contributed by atoms with Crippen LogP contribution < -0.4 is 19.5 Å². The van der Waals surface area contributed by atoms with Gasteiger partial charge in [0.15, 0.2) is 0 Å². The van der Waals surface area contributed by atoms with Gasteiger partial charge in [-0.1, -0.05) is 0 Å². The number of methoxy groups -OCH3 is 3. The topological polar surface area (TPSA) is 68.7 Å². The molecule has 0 spiro atoms. The molecule has 0 amide bonds. The fraction of sp³-hybridized carbons (Fsp3) is 0.444. The monoisotopic (exact) mass is 344 g/mol. The Morgan fingerprint density at radius 2 is 1.80 bits per heavy atom. The van der Waals surface area contributed by atoms with E-state index in [0.717, 1.165) is 43.4 Å². The molecular formula is C18H24N4O3. The molecule has 0 aliphatic carbocycles. The fourth-order valence-corrected chi connectivity index (χ4v) is 3.05. The zero-order valence-electron chi connectivity index (χ0n) is 14.9. The van der Waals surface area contributed by atoms with Crippen LogP contribution in [0.2, 0.25) is 0 Å². The Morgan fingerprint density at radius 3 is 2.48 bits per heavy atom. The van der Waals surface area contributed by atoms with Crippen molar-refractivity contribution in [2.75, 3.05) is 39.7 Å². The molecular weight excluding hydrogens is 320 g/mol. The summed E-state index contributed by atoms with van der Waals surface area (Å²) >= 11 is 0. The molecule has 7 heteroatoms. The van der Waals surface area contributed by atoms with Gasteiger partial charge in [0.2, 0.25) is 5.88 Å². The summed E-state index contributed by atoms with van der Waals surface area (Å²) in [5, 5.41) is 3.45. The zero-order chi connectivity index (χ0) is 17.6. The second-order valence-electron chi connectivity index (χ2n) is 6.03. The van der Waals surface area contributed by atoms with Gasteiger partial charge >= 0.3 is 0 Å². The fourth-order valence-electron chi connectivity index (χ4n) is 3.05. The first-order chi connectivity index (χ1) is 12.2. The molecule has 7 nitrogen and oxygen atoms in total. The number of benzene rings is 1. The Labute approximate surface area is 147 Å². The minimum atomic E-state index is 0.354. The Morgan fingerprint density at radius 1 is 1.04 bits per heavy atom. The largest absolute Gasteiger partial charge is 0.497 e. The molecule has 1 unspecified atom stereocenters. The number of rotatable bonds is 7. The van der Waals surface area contributed by atoms with Gasteiger partial charge in [-0.2, -0.15) is 0 Å². The van der Waals surface area contributed by atoms with Gasteiger partial charge in [-0.25, -0.2) is 9.97 Å². The van der Waals surface area contributed by atoms with Gasteiger partial charge in [0.25, 0.3) is 0 Å². The van der Waals surface area contributed by atoms with Gasteiger partial charge in [-0.05, 0) is 24.1 Å². The number of anilines is 1. The van der Waals surface area contributed by atoms with Gasteiger partial charge in [-0.3, -0.25) is 4.90 Å². The van der Waals surface area contributed by atoms with Crippen molar-refractivity contribution in [1.29, 1.82) is 0 Å². The standard InChI is InChI=1S/C18H24N4O3/c1-23-15-6-13(7-16(8-15)24-2)10-22-5-4-14(11-22)21-17-9-18(25-3)20-12-19-17/h6-9,12,14H,4-5,10-11H2,1-3H3,(H,19,20,21). The lowest BCUT2D eigenvalue weighted by atomic mass is 10.2. The SMILES string of the molecule is COc1cc(CN2CCC(Nc3cc(OC)ncn3)C2)cc(OC)c1. The number of nitrogens with zero attached hydrogens (tertiary/aromatic N) is 3. The molecule has 1 N–H and O–H groups in total. The van der Waals surface area contributed by atoms with Gasteiger partial charge < -0.3 is 19.5 Å². The van der Waals surface area contributed by atoms with Gasteiger partial charge in [0, 0.05) is 37.8 Å². The van der Waals surface area contributed by atoms with E-state index in [1.165, 1.54) is 11.9 Å². The number of nitrogens with one attached hydrogen (secondary N) is 1. The van der Waals surface area contributed by atoms with Crippen LogP contribution in [0.15, 0.2) is 30.6 Å². The lowest BCUT2D eigenvalue weighted by molar-refractivity contribution is 0.326. The van der Waals surface area contributed by atoms with Crippen molar-refractivity contribution in [2.45, 2.75) is 19.0 Å². The van der Waals surface area contributed by atoms with E-state index < -0.39 is 0 Å². The molecule has 0 radical (unpaired) electrons. The third kappa shape index (κ3) is 4.51. The summed E-state index contributed by atoms with van der Waals surface area (Å²) < 4.78 is 15.8. The van der Waals surface area contributed by atoms with Crippen LogP contribution in [0, 0.1) is 0 Å². The highest BCUT2D eigenvalue weighted by molar-refractivity contribution is 5.39. The smallest absolute Gasteiger partial charge is 0.218 e. The molecule has 2 heterocycles. The molecule has 134 valence electrons. The van der Waals surface area contributed by atoms with Crippen molar-refractivity contribution in [3.8, 4) is 17.4 Å². The Kier molecular flexibility index (Phi) is 5.55. The van der Waals surface area contributed by atoms with Crippen molar-refractivity contribution in [2.24, 2.45) is 0 Å². The molecule has 1 atom stereocenters. The first-order valence-corrected chi connectivity index (χ1v) is 8.27. The Bertz CT molecular complexity index is 688. The highest BCUT2D eigenvalue weighted by Crippen LogP contribution is 2.25. The maximum absolute atomic E-state index is 5.35. The van der Waals surface area contributed by atoms with Crippen LogP contribution in [0.5, 0.6) is 17.4 Å². The van der Waals surface area contributed by atoms with Gasteiger partial charge in [-0.15, -0.1) is 0 Å². The van der Waals surface area contributed by atoms with Crippen LogP contribution in [0.3, 0.4) is 0 Å². The molecule has 3 rings (SSSR count). The number of ether oxygens (including phenoxy) is 3. The summed E-state index contributed by atoms with van der Waals surface area (Å²) in [4.78, 5) is 10.7. The molecule has 1 aliphatic heterocycles. The zero-order valence-corrected chi connectivity index (χ0v) is 14.9. The van der Waals surface area contributed by atoms with E-state index in [4.69, 9.17) is 14.2 Å². The van der Waals surface area contributed by atoms with Crippen molar-refractivity contribution >= 4 is 5.82 Å². The number of hydrogen-bond donors (Lipinski definition) is 1. The van der Waals surface area contributed by atoms with Crippen LogP contribution in [0.25, 0.3) is 0 Å². The average molecular weight is 344 g/mol. The quantitative estimate of drug-likeness (QED) is 0.826. The van der Waals surface area contributed by atoms with E-state index in [0.29, 0.717) is 11.9 Å². The molecule has 0 saturated carbocycles. The Hall–Kier alpha value is -2.54. The minimum Gasteiger partial charge on any atom is -0.497 e. The van der Waals surface area contributed by atoms with Crippen molar-refractivity contribution < 1.29 is 14.2 Å². The maximum atomic E-state index is 5.35. The van der Waals surface area contributed by atoms with Crippen molar-refractivity contribution in [3.05, 3.63) is 36.2 Å². The molecule has 25 heavy (non-hydrogen) atoms. The second-order valence-corrected chi connectivity index (χ2v) is 6.03. The van der Waals surface area contributed by atoms with Gasteiger partial charge in [0.05, 0.1) is 21.3 Å². The Balaban J connectivity index is 1.59. The predicted molar refractivity (Wildman–Crippen MR) is 95.4 cm³/mol. The summed E-state index contributed by atoms with van der Waals surface area (Å²) in [7, 11) is 4.94. The summed E-state index contributed by atoms with van der Waals surface area (Å²) in [6.07, 6.45) is 2.57. The summed E-state index contributed by atoms with van der Waals surface area (Å²) in [6, 6.07) is 8.17. The predicted octanol–water partition coefficient (Wildman–Crippen LogP) is 2.19. The van der Waals surface area contributed by atoms with E-state index in [2.05, 4.69) is 32.3 Å². The van der Waals surface area contributed by atoms with Crippen molar-refractivity contribution in [3.63, 3.8) is 0 Å². The van der Waals surface area contributed by atoms with Crippen LogP contribution in [-0.2, 0) is 6.54 Å². The first kappa shape index (κ1) is 17.3. The van der Waals surface area contributed by atoms with E-state index in [-0.39, 0.29) is 0 Å². The molecule has 1 aromatic carbocycles. The van der Waals surface area contributed by atoms with Gasteiger partial charge in [0.1, 0.15) is 23.6 Å². The summed E-state index contributed by atoms with van der Waals surface area (Å²) in [6.45, 7) is 2.84. The number of likely N-dealkylation sites (tertiary alicyclic amines) is 1. The number of aromatic nitrogens is 2. The first-order valence-electron chi connectivity index (χ1n) is 8.27. The van der Waals surface area contributed by atoms with Crippen molar-refractivity contribution in [1.82, 2.24) is 14.9 Å². The summed E-state index contributed by atoms with van der Waals surface area (Å²) in [5.74, 6) is 2.99. The molecule has 0 bridgehead atoms. The third-order valence-electron chi connectivity index (χ3n) is 4.29. The lowest BCUT2D eigenvalue weighted by Gasteiger charge is -2.18. The van der Waals surface area contributed by atoms with E-state index in [9.17, 15) is 0 Å². The molecule has 2 aromatic rings.